The van der Waals surface area contributed by atoms with E-state index in [4.69, 9.17) is 90.0 Å². The Morgan fingerprint density at radius 2 is 0.766 bits per heavy atom. The van der Waals surface area contributed by atoms with Gasteiger partial charge in [-0.25, -0.2) is 0 Å². The number of carbonyl (C=O) groups excluding carboxylic acids is 2. The van der Waals surface area contributed by atoms with Crippen LogP contribution < -0.4 is 9.47 Å². The topological polar surface area (TPSA) is 210 Å². The first-order valence-corrected chi connectivity index (χ1v) is 43.8. The second-order valence-electron chi connectivity index (χ2n) is 31.8. The Hall–Kier alpha value is -6.62. The molecule has 0 aromatic heterocycles. The first kappa shape index (κ1) is 82.4. The van der Waals surface area contributed by atoms with Crippen LogP contribution in [-0.2, 0) is 117 Å². The minimum absolute atomic E-state index is 0.0309. The molecule has 111 heavy (non-hydrogen) atoms. The van der Waals surface area contributed by atoms with Crippen LogP contribution in [0.1, 0.15) is 135 Å². The summed E-state index contributed by atoms with van der Waals surface area (Å²) in [6.45, 7) is 22.5. The van der Waals surface area contributed by atoms with E-state index < -0.39 is 143 Å². The molecule has 21 nitrogen and oxygen atoms in total. The molecule has 0 unspecified atom stereocenters. The molecular weight excluding hydrogens is 1430 g/mol. The standard InChI is InChI=1S/C89H114O21Si/c1-56(90)29-40-79(91)105-73-38-41-80(98-57(73)2)107-86-59(4)103-85(50-77(86)95-53-65-30-32-67-25-17-19-27-69(67)45-65)110-89-62(7)101-83(48-76(89)94-52-64-23-15-12-16-24-64)106-74-39-42-81(99-58(74)3)108-87-60(5)102-84(49-78(87)96-54-66-31-33-68-26-18-20-28-70(68)46-66)109-88-61(6)100-82(47-75(88)93-51-63-21-13-11-14-22-63)104-72-36-34-71(35-37-72)97-55-92-43-44-111(8,9)10/h11-28,30-37,45-46,57-62,73-78,80-89H,29,38-44,47-55H2,1-10H3/t57-,58-,59+,60+,61+,62+,73-,74-,75+,76+,77+,78+,80-,81-,82-,83+,84-,85-,86+,87+,88+,89+/m0/s1. The average Bonchev–Trinajstić information content (AvgIpc) is 0.798. The predicted octanol–water partition coefficient (Wildman–Crippen LogP) is 16.2. The second-order valence-corrected chi connectivity index (χ2v) is 37.5. The lowest BCUT2D eigenvalue weighted by molar-refractivity contribution is -0.348. The van der Waals surface area contributed by atoms with Gasteiger partial charge in [0.05, 0.1) is 100.0 Å². The van der Waals surface area contributed by atoms with E-state index in [1.54, 1.807) is 0 Å². The van der Waals surface area contributed by atoms with Gasteiger partial charge in [0.25, 0.3) is 0 Å². The summed E-state index contributed by atoms with van der Waals surface area (Å²) in [6, 6.07) is 58.1. The van der Waals surface area contributed by atoms with E-state index in [-0.39, 0.29) is 31.5 Å². The normalized spacial score (nSPS) is 31.4. The van der Waals surface area contributed by atoms with Crippen LogP contribution >= 0.6 is 0 Å². The maximum atomic E-state index is 12.7. The summed E-state index contributed by atoms with van der Waals surface area (Å²) < 4.78 is 127. The minimum Gasteiger partial charge on any atom is -0.468 e. The molecule has 600 valence electrons. The van der Waals surface area contributed by atoms with Crippen molar-refractivity contribution in [2.45, 2.75) is 300 Å². The Balaban J connectivity index is 0.651. The summed E-state index contributed by atoms with van der Waals surface area (Å²) in [6.07, 6.45) is -7.95. The summed E-state index contributed by atoms with van der Waals surface area (Å²) in [5, 5.41) is 4.54. The average molecular weight is 1550 g/mol. The minimum atomic E-state index is -1.21. The number of Topliss-reactive ketones (excluding diaryl/α,β-unsaturated/α-hetero) is 1. The zero-order valence-electron chi connectivity index (χ0n) is 66.0. The Bertz CT molecular complexity index is 4020. The van der Waals surface area contributed by atoms with Gasteiger partial charge < -0.3 is 94.8 Å². The maximum Gasteiger partial charge on any atom is 0.306 e. The van der Waals surface area contributed by atoms with Gasteiger partial charge in [-0.15, -0.1) is 0 Å². The Kier molecular flexibility index (Phi) is 29.4. The molecule has 6 fully saturated rings. The molecule has 6 aliphatic heterocycles. The quantitative estimate of drug-likeness (QED) is 0.0159. The van der Waals surface area contributed by atoms with Gasteiger partial charge in [-0.3, -0.25) is 4.79 Å². The monoisotopic (exact) mass is 1550 g/mol. The molecule has 7 aromatic rings. The van der Waals surface area contributed by atoms with Gasteiger partial charge in [0.2, 0.25) is 6.29 Å². The summed E-state index contributed by atoms with van der Waals surface area (Å²) in [5.41, 5.74) is 4.09. The van der Waals surface area contributed by atoms with Crippen molar-refractivity contribution < 1.29 is 99.6 Å². The predicted molar refractivity (Wildman–Crippen MR) is 419 cm³/mol. The van der Waals surface area contributed by atoms with E-state index in [9.17, 15) is 9.59 Å². The van der Waals surface area contributed by atoms with Crippen LogP contribution in [0.25, 0.3) is 21.5 Å². The van der Waals surface area contributed by atoms with Crippen molar-refractivity contribution in [2.75, 3.05) is 13.4 Å². The van der Waals surface area contributed by atoms with Crippen molar-refractivity contribution >= 4 is 41.4 Å². The first-order valence-electron chi connectivity index (χ1n) is 40.1. The molecule has 0 bridgehead atoms. The third-order valence-corrected chi connectivity index (χ3v) is 23.4. The zero-order chi connectivity index (χ0) is 77.4. The van der Waals surface area contributed by atoms with Crippen LogP contribution in [0, 0.1) is 0 Å². The number of hydrogen-bond donors (Lipinski definition) is 0. The molecule has 22 heteroatoms. The number of carbonyl (C=O) groups is 2. The van der Waals surface area contributed by atoms with Gasteiger partial charge >= 0.3 is 5.97 Å². The van der Waals surface area contributed by atoms with Crippen LogP contribution in [-0.4, -0.2) is 169 Å². The van der Waals surface area contributed by atoms with E-state index in [2.05, 4.69) is 92.4 Å². The summed E-state index contributed by atoms with van der Waals surface area (Å²) >= 11 is 0. The maximum absolute atomic E-state index is 12.7. The number of esters is 1. The van der Waals surface area contributed by atoms with Crippen LogP contribution in [0.4, 0.5) is 0 Å². The number of ether oxygens (including phenoxy) is 19. The van der Waals surface area contributed by atoms with E-state index in [1.165, 1.54) is 6.92 Å². The molecule has 6 heterocycles. The van der Waals surface area contributed by atoms with Crippen molar-refractivity contribution in [3.63, 3.8) is 0 Å². The fourth-order valence-corrected chi connectivity index (χ4v) is 16.3. The highest BCUT2D eigenvalue weighted by atomic mass is 28.3. The van der Waals surface area contributed by atoms with E-state index >= 15 is 0 Å². The summed E-state index contributed by atoms with van der Waals surface area (Å²) in [4.78, 5) is 24.3. The Morgan fingerprint density at radius 1 is 0.378 bits per heavy atom. The van der Waals surface area contributed by atoms with E-state index in [0.29, 0.717) is 95.9 Å². The van der Waals surface area contributed by atoms with Gasteiger partial charge in [-0.05, 0) is 148 Å². The fourth-order valence-electron chi connectivity index (χ4n) is 15.5. The van der Waals surface area contributed by atoms with E-state index in [1.807, 2.05) is 139 Å². The zero-order valence-corrected chi connectivity index (χ0v) is 67.0. The molecule has 0 amide bonds. The highest BCUT2D eigenvalue weighted by Crippen LogP contribution is 2.40. The molecule has 0 N–H and O–H groups in total. The van der Waals surface area contributed by atoms with E-state index in [0.717, 1.165) is 49.8 Å². The van der Waals surface area contributed by atoms with Crippen molar-refractivity contribution in [1.82, 2.24) is 0 Å². The lowest BCUT2D eigenvalue weighted by Gasteiger charge is -2.47. The number of fused-ring (bicyclic) bond motifs is 2. The van der Waals surface area contributed by atoms with Crippen LogP contribution in [0.2, 0.25) is 25.7 Å². The van der Waals surface area contributed by atoms with Gasteiger partial charge in [0, 0.05) is 59.6 Å². The molecule has 7 aromatic carbocycles. The number of ketones is 1. The van der Waals surface area contributed by atoms with Crippen molar-refractivity contribution in [3.8, 4) is 11.5 Å². The molecule has 0 aliphatic carbocycles. The van der Waals surface area contributed by atoms with Crippen molar-refractivity contribution in [1.29, 1.82) is 0 Å². The third-order valence-electron chi connectivity index (χ3n) is 21.7. The summed E-state index contributed by atoms with van der Waals surface area (Å²) in [7, 11) is -1.21. The molecule has 13 rings (SSSR count). The van der Waals surface area contributed by atoms with Crippen LogP contribution in [0.3, 0.4) is 0 Å². The molecule has 6 aliphatic rings. The van der Waals surface area contributed by atoms with Gasteiger partial charge in [-0.2, -0.15) is 0 Å². The Morgan fingerprint density at radius 3 is 1.22 bits per heavy atom. The molecular formula is C89H114O21Si. The SMILES string of the molecule is CC(=O)CCC(=O)O[C@H]1CC[C@H](O[C@@H]2[C@@H](C)O[C@@H](O[C@@H]3[C@@H](C)O[C@H](O[C@H]4CC[C@H](O[C@@H]5[C@@H](C)O[C@@H](O[C@@H]6[C@@H](C)O[C@@H](Oc7ccc(OCOCC[Si](C)(C)C)cc7)C[C@H]6OCc6ccccc6)C[C@H]5OCc5ccc6ccccc6c5)O[C@H]4C)C[C@H]3OCc3ccccc3)C[C@H]2OCc2ccc3ccccc3c2)O[C@H]1C. The van der Waals surface area contributed by atoms with Gasteiger partial charge in [0.1, 0.15) is 47.8 Å². The lowest BCUT2D eigenvalue weighted by atomic mass is 9.99. The second kappa shape index (κ2) is 39.6. The molecule has 0 spiro atoms. The fraction of sp³-hybridized carbons (Fsp3) is 0.551. The number of benzene rings is 7. The number of rotatable bonds is 34. The van der Waals surface area contributed by atoms with Gasteiger partial charge in [0.15, 0.2) is 38.2 Å². The van der Waals surface area contributed by atoms with Crippen LogP contribution in [0.15, 0.2) is 170 Å². The summed E-state index contributed by atoms with van der Waals surface area (Å²) in [5.74, 6) is 0.840. The van der Waals surface area contributed by atoms with Crippen LogP contribution in [0.5, 0.6) is 11.5 Å². The molecule has 22 atom stereocenters. The first-order chi connectivity index (χ1) is 53.7. The molecule has 0 saturated carbocycles. The highest BCUT2D eigenvalue weighted by molar-refractivity contribution is 6.76. The third kappa shape index (κ3) is 23.8. The lowest BCUT2D eigenvalue weighted by Crippen LogP contribution is -2.57. The Labute approximate surface area is 654 Å². The van der Waals surface area contributed by atoms with Crippen molar-refractivity contribution in [2.24, 2.45) is 0 Å². The molecule has 0 radical (unpaired) electrons. The van der Waals surface area contributed by atoms with Crippen molar-refractivity contribution in [3.05, 3.63) is 192 Å². The largest absolute Gasteiger partial charge is 0.468 e. The smallest absolute Gasteiger partial charge is 0.306 e. The molecule has 6 saturated heterocycles. The highest BCUT2D eigenvalue weighted by Gasteiger charge is 2.49. The number of hydrogen-bond acceptors (Lipinski definition) is 21. The van der Waals surface area contributed by atoms with Gasteiger partial charge in [-0.1, -0.05) is 153 Å².